The van der Waals surface area contributed by atoms with Gasteiger partial charge in [-0.1, -0.05) is 30.3 Å². The lowest BCUT2D eigenvalue weighted by Gasteiger charge is -1.96. The molecule has 0 amide bonds. The lowest BCUT2D eigenvalue weighted by atomic mass is 10.2. The lowest BCUT2D eigenvalue weighted by molar-refractivity contribution is 0.615. The Kier molecular flexibility index (Phi) is 2.64. The zero-order valence-electron chi connectivity index (χ0n) is 9.43. The van der Waals surface area contributed by atoms with Gasteiger partial charge in [0.15, 0.2) is 0 Å². The van der Waals surface area contributed by atoms with Crippen molar-refractivity contribution in [1.82, 2.24) is 9.97 Å². The van der Waals surface area contributed by atoms with Gasteiger partial charge in [-0.15, -0.1) is 11.6 Å². The molecule has 0 aliphatic rings. The van der Waals surface area contributed by atoms with Gasteiger partial charge in [-0.05, 0) is 6.07 Å². The van der Waals surface area contributed by atoms with Gasteiger partial charge in [0.1, 0.15) is 17.4 Å². The summed E-state index contributed by atoms with van der Waals surface area (Å²) in [5.74, 6) is 1.79. The predicted octanol–water partition coefficient (Wildman–Crippen LogP) is 3.21. The first kappa shape index (κ1) is 11.0. The molecule has 2 aromatic heterocycles. The number of benzene rings is 1. The molecule has 0 atom stereocenters. The number of nitrogens with two attached hydrogens (primary N) is 1. The molecule has 3 rings (SSSR count). The smallest absolute Gasteiger partial charge is 0.232 e. The van der Waals surface area contributed by atoms with Crippen molar-refractivity contribution in [1.29, 1.82) is 0 Å². The molecule has 2 N–H and O–H groups in total. The van der Waals surface area contributed by atoms with Crippen molar-refractivity contribution >= 4 is 28.5 Å². The SMILES string of the molecule is Nc1nc(CCl)nc2oc(-c3ccccc3)cc12. The van der Waals surface area contributed by atoms with Gasteiger partial charge in [-0.2, -0.15) is 4.98 Å². The van der Waals surface area contributed by atoms with E-state index in [1.165, 1.54) is 0 Å². The molecule has 0 aliphatic heterocycles. The number of alkyl halides is 1. The molecule has 5 heteroatoms. The number of nitrogens with zero attached hydrogens (tertiary/aromatic N) is 2. The first-order valence-electron chi connectivity index (χ1n) is 5.45. The van der Waals surface area contributed by atoms with Crippen LogP contribution in [0, 0.1) is 0 Å². The summed E-state index contributed by atoms with van der Waals surface area (Å²) >= 11 is 5.70. The lowest BCUT2D eigenvalue weighted by Crippen LogP contribution is -1.97. The molecule has 0 aliphatic carbocycles. The second kappa shape index (κ2) is 4.31. The number of hydrogen-bond donors (Lipinski definition) is 1. The fraction of sp³-hybridized carbons (Fsp3) is 0.0769. The Bertz CT molecular complexity index is 694. The maximum Gasteiger partial charge on any atom is 0.232 e. The summed E-state index contributed by atoms with van der Waals surface area (Å²) in [6.45, 7) is 0. The van der Waals surface area contributed by atoms with Crippen LogP contribution in [0.2, 0.25) is 0 Å². The number of nitrogen functional groups attached to an aromatic ring is 1. The van der Waals surface area contributed by atoms with Gasteiger partial charge in [0.05, 0.1) is 11.3 Å². The van der Waals surface area contributed by atoms with Crippen LogP contribution in [0.4, 0.5) is 5.82 Å². The highest BCUT2D eigenvalue weighted by atomic mass is 35.5. The molecule has 90 valence electrons. The van der Waals surface area contributed by atoms with E-state index in [1.54, 1.807) is 0 Å². The molecule has 4 nitrogen and oxygen atoms in total. The fourth-order valence-corrected chi connectivity index (χ4v) is 1.91. The molecule has 0 spiro atoms. The summed E-state index contributed by atoms with van der Waals surface area (Å²) < 4.78 is 5.69. The third kappa shape index (κ3) is 1.80. The van der Waals surface area contributed by atoms with E-state index in [9.17, 15) is 0 Å². The van der Waals surface area contributed by atoms with Crippen LogP contribution < -0.4 is 5.73 Å². The molecule has 1 aromatic carbocycles. The number of furan rings is 1. The Labute approximate surface area is 108 Å². The van der Waals surface area contributed by atoms with E-state index in [0.717, 1.165) is 11.3 Å². The summed E-state index contributed by atoms with van der Waals surface area (Å²) in [6.07, 6.45) is 0. The van der Waals surface area contributed by atoms with Crippen molar-refractivity contribution < 1.29 is 4.42 Å². The maximum absolute atomic E-state index is 5.85. The Morgan fingerprint density at radius 1 is 1.17 bits per heavy atom. The molecule has 0 saturated heterocycles. The Hall–Kier alpha value is -2.07. The van der Waals surface area contributed by atoms with Crippen molar-refractivity contribution in [2.45, 2.75) is 5.88 Å². The van der Waals surface area contributed by atoms with Crippen molar-refractivity contribution in [2.75, 3.05) is 5.73 Å². The number of rotatable bonds is 2. The van der Waals surface area contributed by atoms with E-state index in [2.05, 4.69) is 9.97 Å². The van der Waals surface area contributed by atoms with Crippen LogP contribution in [0.5, 0.6) is 0 Å². The Morgan fingerprint density at radius 2 is 1.94 bits per heavy atom. The average molecular weight is 260 g/mol. The van der Waals surface area contributed by atoms with E-state index < -0.39 is 0 Å². The van der Waals surface area contributed by atoms with Crippen molar-refractivity contribution in [3.8, 4) is 11.3 Å². The molecule has 18 heavy (non-hydrogen) atoms. The van der Waals surface area contributed by atoms with Crippen molar-refractivity contribution in [2.24, 2.45) is 0 Å². The van der Waals surface area contributed by atoms with E-state index in [4.69, 9.17) is 21.8 Å². The van der Waals surface area contributed by atoms with E-state index in [-0.39, 0.29) is 5.88 Å². The Balaban J connectivity index is 2.20. The van der Waals surface area contributed by atoms with Crippen molar-refractivity contribution in [3.63, 3.8) is 0 Å². The maximum atomic E-state index is 5.85. The van der Waals surface area contributed by atoms with Gasteiger partial charge in [0.2, 0.25) is 5.71 Å². The number of anilines is 1. The predicted molar refractivity (Wildman–Crippen MR) is 71.2 cm³/mol. The summed E-state index contributed by atoms with van der Waals surface area (Å²) in [4.78, 5) is 8.31. The molecular formula is C13H10ClN3O. The van der Waals surface area contributed by atoms with E-state index >= 15 is 0 Å². The van der Waals surface area contributed by atoms with Crippen molar-refractivity contribution in [3.05, 3.63) is 42.2 Å². The van der Waals surface area contributed by atoms with E-state index in [1.807, 2.05) is 36.4 Å². The molecule has 0 bridgehead atoms. The highest BCUT2D eigenvalue weighted by molar-refractivity contribution is 6.16. The first-order valence-corrected chi connectivity index (χ1v) is 5.98. The highest BCUT2D eigenvalue weighted by Gasteiger charge is 2.11. The minimum atomic E-state index is 0.210. The number of aromatic nitrogens is 2. The minimum Gasteiger partial charge on any atom is -0.438 e. The number of halogens is 1. The van der Waals surface area contributed by atoms with Gasteiger partial charge < -0.3 is 10.2 Å². The average Bonchev–Trinajstić information content (AvgIpc) is 2.84. The second-order valence-electron chi connectivity index (χ2n) is 3.85. The molecule has 0 saturated carbocycles. The zero-order valence-corrected chi connectivity index (χ0v) is 10.2. The third-order valence-corrected chi connectivity index (χ3v) is 2.89. The van der Waals surface area contributed by atoms with E-state index in [0.29, 0.717) is 22.7 Å². The highest BCUT2D eigenvalue weighted by Crippen LogP contribution is 2.29. The van der Waals surface area contributed by atoms with Crippen LogP contribution in [0.1, 0.15) is 5.82 Å². The topological polar surface area (TPSA) is 64.9 Å². The number of fused-ring (bicyclic) bond motifs is 1. The minimum absolute atomic E-state index is 0.210. The molecule has 2 heterocycles. The third-order valence-electron chi connectivity index (χ3n) is 2.65. The molecule has 0 radical (unpaired) electrons. The van der Waals surface area contributed by atoms with Crippen LogP contribution in [0.25, 0.3) is 22.4 Å². The standard InChI is InChI=1S/C13H10ClN3O/c14-7-11-16-12(15)9-6-10(18-13(9)17-11)8-4-2-1-3-5-8/h1-6H,7H2,(H2,15,16,17). The van der Waals surface area contributed by atoms with Crippen LogP contribution in [-0.2, 0) is 5.88 Å². The summed E-state index contributed by atoms with van der Waals surface area (Å²) in [5, 5.41) is 0.711. The van der Waals surface area contributed by atoms with Crippen LogP contribution >= 0.6 is 11.6 Å². The van der Waals surface area contributed by atoms with Gasteiger partial charge in [-0.3, -0.25) is 0 Å². The normalized spacial score (nSPS) is 10.9. The van der Waals surface area contributed by atoms with Crippen LogP contribution in [0.15, 0.2) is 40.8 Å². The monoisotopic (exact) mass is 259 g/mol. The van der Waals surface area contributed by atoms with Gasteiger partial charge in [0, 0.05) is 5.56 Å². The summed E-state index contributed by atoms with van der Waals surface area (Å²) in [7, 11) is 0. The quantitative estimate of drug-likeness (QED) is 0.718. The zero-order chi connectivity index (χ0) is 12.5. The van der Waals surface area contributed by atoms with Gasteiger partial charge in [-0.25, -0.2) is 4.98 Å². The summed E-state index contributed by atoms with van der Waals surface area (Å²) in [6, 6.07) is 11.6. The van der Waals surface area contributed by atoms with Gasteiger partial charge in [0.25, 0.3) is 0 Å². The number of hydrogen-bond acceptors (Lipinski definition) is 4. The molecular weight excluding hydrogens is 250 g/mol. The second-order valence-corrected chi connectivity index (χ2v) is 4.12. The Morgan fingerprint density at radius 3 is 2.67 bits per heavy atom. The molecule has 0 unspecified atom stereocenters. The molecule has 0 fully saturated rings. The van der Waals surface area contributed by atoms with Crippen LogP contribution in [0.3, 0.4) is 0 Å². The molecule has 3 aromatic rings. The van der Waals surface area contributed by atoms with Gasteiger partial charge >= 0.3 is 0 Å². The largest absolute Gasteiger partial charge is 0.438 e. The first-order chi connectivity index (χ1) is 8.78. The van der Waals surface area contributed by atoms with Crippen LogP contribution in [-0.4, -0.2) is 9.97 Å². The fourth-order valence-electron chi connectivity index (χ4n) is 1.79. The summed E-state index contributed by atoms with van der Waals surface area (Å²) in [5.41, 5.74) is 7.30.